The zero-order chi connectivity index (χ0) is 13.5. The lowest BCUT2D eigenvalue weighted by atomic mass is 10.3. The fraction of sp³-hybridized carbons (Fsp3) is 0.667. The molecule has 17 heavy (non-hydrogen) atoms. The molecule has 0 saturated carbocycles. The Hall–Kier alpha value is -0.960. The molecule has 0 atom stereocenters. The third-order valence-corrected chi connectivity index (χ3v) is 2.62. The summed E-state index contributed by atoms with van der Waals surface area (Å²) in [4.78, 5) is 15.1. The molecule has 0 radical (unpaired) electrons. The second kappa shape index (κ2) is 7.38. The Kier molecular flexibility index (Phi) is 6.97. The summed E-state index contributed by atoms with van der Waals surface area (Å²) in [5.41, 5.74) is 0. The number of hydrogen-bond donors (Lipinski definition) is 1. The van der Waals surface area contributed by atoms with Crippen LogP contribution in [0.2, 0.25) is 0 Å². The minimum absolute atomic E-state index is 0.0538. The Morgan fingerprint density at radius 2 is 1.76 bits per heavy atom. The van der Waals surface area contributed by atoms with Crippen LogP contribution in [0.15, 0.2) is 12.7 Å². The van der Waals surface area contributed by atoms with Gasteiger partial charge in [0.2, 0.25) is 5.91 Å². The van der Waals surface area contributed by atoms with Gasteiger partial charge in [-0.3, -0.25) is 13.5 Å². The molecule has 0 aliphatic carbocycles. The highest BCUT2D eigenvalue weighted by Crippen LogP contribution is 1.99. The lowest BCUT2D eigenvalue weighted by Gasteiger charge is -2.31. The molecule has 100 valence electrons. The Morgan fingerprint density at radius 3 is 2.06 bits per heavy atom. The molecule has 1 amide bonds. The van der Waals surface area contributed by atoms with Crippen molar-refractivity contribution in [2.24, 2.45) is 0 Å². The SMILES string of the molecule is C=CC(=O)N1CCN(C)CC1.COS(=O)(=O)O. The quantitative estimate of drug-likeness (QED) is 0.529. The average molecular weight is 266 g/mol. The number of nitrogens with zero attached hydrogens (tertiary/aromatic N) is 2. The number of likely N-dealkylation sites (N-methyl/N-ethyl adjacent to an activating group) is 1. The molecule has 1 heterocycles. The van der Waals surface area contributed by atoms with Crippen LogP contribution in [-0.4, -0.2) is 69.0 Å². The normalized spacial score (nSPS) is 17.0. The molecule has 7 nitrogen and oxygen atoms in total. The van der Waals surface area contributed by atoms with Crippen molar-refractivity contribution in [3.05, 3.63) is 12.7 Å². The molecule has 1 aliphatic heterocycles. The van der Waals surface area contributed by atoms with Crippen molar-refractivity contribution in [3.63, 3.8) is 0 Å². The van der Waals surface area contributed by atoms with Gasteiger partial charge in [0.05, 0.1) is 7.11 Å². The van der Waals surface area contributed by atoms with Crippen LogP contribution in [0.5, 0.6) is 0 Å². The number of rotatable bonds is 2. The third kappa shape index (κ3) is 7.86. The zero-order valence-electron chi connectivity index (χ0n) is 10.00. The summed E-state index contributed by atoms with van der Waals surface area (Å²) in [5, 5.41) is 0. The van der Waals surface area contributed by atoms with E-state index in [1.54, 1.807) is 0 Å². The summed E-state index contributed by atoms with van der Waals surface area (Å²) >= 11 is 0. The highest BCUT2D eigenvalue weighted by Gasteiger charge is 2.15. The lowest BCUT2D eigenvalue weighted by Crippen LogP contribution is -2.46. The van der Waals surface area contributed by atoms with E-state index in [2.05, 4.69) is 22.7 Å². The number of piperazine rings is 1. The van der Waals surface area contributed by atoms with E-state index in [4.69, 9.17) is 4.55 Å². The molecule has 0 aromatic rings. The maximum Gasteiger partial charge on any atom is 0.397 e. The molecule has 1 saturated heterocycles. The van der Waals surface area contributed by atoms with Crippen molar-refractivity contribution in [1.29, 1.82) is 0 Å². The second-order valence-electron chi connectivity index (χ2n) is 3.43. The highest BCUT2D eigenvalue weighted by molar-refractivity contribution is 7.80. The average Bonchev–Trinajstić information content (AvgIpc) is 2.29. The first-order chi connectivity index (χ1) is 7.80. The van der Waals surface area contributed by atoms with E-state index < -0.39 is 10.4 Å². The van der Waals surface area contributed by atoms with E-state index >= 15 is 0 Å². The molecule has 0 bridgehead atoms. The van der Waals surface area contributed by atoms with E-state index in [-0.39, 0.29) is 5.91 Å². The molecule has 1 rings (SSSR count). The number of amides is 1. The van der Waals surface area contributed by atoms with Crippen LogP contribution >= 0.6 is 0 Å². The zero-order valence-corrected chi connectivity index (χ0v) is 10.8. The van der Waals surface area contributed by atoms with Crippen molar-refractivity contribution in [2.45, 2.75) is 0 Å². The first-order valence-electron chi connectivity index (χ1n) is 4.93. The fourth-order valence-corrected chi connectivity index (χ4v) is 1.16. The van der Waals surface area contributed by atoms with Gasteiger partial charge in [0.15, 0.2) is 0 Å². The van der Waals surface area contributed by atoms with E-state index in [9.17, 15) is 13.2 Å². The maximum atomic E-state index is 11.1. The molecule has 1 fully saturated rings. The van der Waals surface area contributed by atoms with E-state index in [0.29, 0.717) is 0 Å². The van der Waals surface area contributed by atoms with Crippen LogP contribution < -0.4 is 0 Å². The van der Waals surface area contributed by atoms with Crippen LogP contribution in [0.1, 0.15) is 0 Å². The largest absolute Gasteiger partial charge is 0.397 e. The molecule has 0 aromatic carbocycles. The number of carbonyl (C=O) groups is 1. The van der Waals surface area contributed by atoms with Gasteiger partial charge in [0.1, 0.15) is 0 Å². The molecule has 0 aromatic heterocycles. The van der Waals surface area contributed by atoms with E-state index in [0.717, 1.165) is 33.3 Å². The molecule has 1 N–H and O–H groups in total. The van der Waals surface area contributed by atoms with Crippen molar-refractivity contribution in [1.82, 2.24) is 9.80 Å². The smallest absolute Gasteiger partial charge is 0.337 e. The number of hydrogen-bond acceptors (Lipinski definition) is 5. The molecular formula is C9H18N2O5S. The Bertz CT molecular complexity index is 346. The van der Waals surface area contributed by atoms with Crippen molar-refractivity contribution in [3.8, 4) is 0 Å². The van der Waals surface area contributed by atoms with Gasteiger partial charge < -0.3 is 9.80 Å². The standard InChI is InChI=1S/C8H14N2O.CH4O4S/c1-3-8(11)10-6-4-9(2)5-7-10;1-5-6(2,3)4/h3H,1,4-7H2,2H3;1H3,(H,2,3,4). The highest BCUT2D eigenvalue weighted by atomic mass is 32.3. The molecule has 8 heteroatoms. The van der Waals surface area contributed by atoms with Gasteiger partial charge in [0, 0.05) is 26.2 Å². The van der Waals surface area contributed by atoms with Gasteiger partial charge in [-0.1, -0.05) is 6.58 Å². The van der Waals surface area contributed by atoms with Crippen LogP contribution in [0.25, 0.3) is 0 Å². The van der Waals surface area contributed by atoms with Crippen LogP contribution in [-0.2, 0) is 19.4 Å². The summed E-state index contributed by atoms with van der Waals surface area (Å²) in [6.07, 6.45) is 1.38. The Labute approximate surface area is 102 Å². The minimum Gasteiger partial charge on any atom is -0.337 e. The van der Waals surface area contributed by atoms with Gasteiger partial charge in [-0.2, -0.15) is 8.42 Å². The monoisotopic (exact) mass is 266 g/mol. The second-order valence-corrected chi connectivity index (χ2v) is 4.62. The fourth-order valence-electron chi connectivity index (χ4n) is 1.16. The van der Waals surface area contributed by atoms with Gasteiger partial charge >= 0.3 is 10.4 Å². The van der Waals surface area contributed by atoms with Crippen LogP contribution in [0, 0.1) is 0 Å². The van der Waals surface area contributed by atoms with E-state index in [1.165, 1.54) is 6.08 Å². The number of carbonyl (C=O) groups excluding carboxylic acids is 1. The summed E-state index contributed by atoms with van der Waals surface area (Å²) in [6.45, 7) is 7.06. The van der Waals surface area contributed by atoms with Crippen molar-refractivity contribution < 1.29 is 21.9 Å². The summed E-state index contributed by atoms with van der Waals surface area (Å²) in [5.74, 6) is 0.0538. The maximum absolute atomic E-state index is 11.1. The van der Waals surface area contributed by atoms with Crippen molar-refractivity contribution >= 4 is 16.3 Å². The van der Waals surface area contributed by atoms with Gasteiger partial charge in [-0.05, 0) is 13.1 Å². The Balaban J connectivity index is 0.000000366. The van der Waals surface area contributed by atoms with Gasteiger partial charge in [-0.25, -0.2) is 0 Å². The van der Waals surface area contributed by atoms with Crippen LogP contribution in [0.3, 0.4) is 0 Å². The van der Waals surface area contributed by atoms with Gasteiger partial charge in [0.25, 0.3) is 0 Å². The third-order valence-electron chi connectivity index (χ3n) is 2.20. The molecule has 0 unspecified atom stereocenters. The minimum atomic E-state index is -4.16. The first-order valence-corrected chi connectivity index (χ1v) is 6.29. The molecule has 1 aliphatic rings. The predicted molar refractivity (Wildman–Crippen MR) is 62.8 cm³/mol. The Morgan fingerprint density at radius 1 is 1.35 bits per heavy atom. The summed E-state index contributed by atoms with van der Waals surface area (Å²) in [7, 11) is -1.23. The molecular weight excluding hydrogens is 248 g/mol. The first kappa shape index (κ1) is 16.0. The van der Waals surface area contributed by atoms with Crippen molar-refractivity contribution in [2.75, 3.05) is 40.3 Å². The summed E-state index contributed by atoms with van der Waals surface area (Å²) < 4.78 is 29.7. The lowest BCUT2D eigenvalue weighted by molar-refractivity contribution is -0.127. The van der Waals surface area contributed by atoms with Crippen LogP contribution in [0.4, 0.5) is 0 Å². The van der Waals surface area contributed by atoms with E-state index in [1.807, 2.05) is 4.90 Å². The van der Waals surface area contributed by atoms with Gasteiger partial charge in [-0.15, -0.1) is 0 Å². The predicted octanol–water partition coefficient (Wildman–Crippen LogP) is -0.618. The summed E-state index contributed by atoms with van der Waals surface area (Å²) in [6, 6.07) is 0. The molecule has 0 spiro atoms. The topological polar surface area (TPSA) is 87.2 Å².